The maximum Gasteiger partial charge on any atom is 0.262 e. The maximum atomic E-state index is 13.4. The zero-order chi connectivity index (χ0) is 23.0. The first-order chi connectivity index (χ1) is 15.2. The fraction of sp³-hybridized carbons (Fsp3) is 0.269. The summed E-state index contributed by atoms with van der Waals surface area (Å²) in [6.07, 6.45) is 1.73. The largest absolute Gasteiger partial charge is 0.308 e. The Morgan fingerprint density at radius 1 is 0.906 bits per heavy atom. The van der Waals surface area contributed by atoms with Gasteiger partial charge in [-0.05, 0) is 92.6 Å². The molecule has 4 rings (SSSR count). The molecular formula is C26H28N2O3S. The van der Waals surface area contributed by atoms with Crippen LogP contribution in [0.4, 0.5) is 11.4 Å². The number of aryl methyl sites for hydroxylation is 3. The molecule has 0 unspecified atom stereocenters. The molecule has 0 radical (unpaired) electrons. The van der Waals surface area contributed by atoms with E-state index in [1.54, 1.807) is 29.2 Å². The highest BCUT2D eigenvalue weighted by Crippen LogP contribution is 2.33. The lowest BCUT2D eigenvalue weighted by atomic mass is 10.00. The van der Waals surface area contributed by atoms with Crippen molar-refractivity contribution < 1.29 is 13.2 Å². The summed E-state index contributed by atoms with van der Waals surface area (Å²) in [7, 11) is -3.79. The number of carbonyl (C=O) groups excluding carboxylic acids is 1. The molecule has 5 nitrogen and oxygen atoms in total. The molecule has 6 heteroatoms. The molecule has 1 N–H and O–H groups in total. The molecule has 0 bridgehead atoms. The average molecular weight is 449 g/mol. The first kappa shape index (κ1) is 22.1. The van der Waals surface area contributed by atoms with E-state index in [0.29, 0.717) is 22.7 Å². The van der Waals surface area contributed by atoms with Crippen molar-refractivity contribution in [3.8, 4) is 0 Å². The topological polar surface area (TPSA) is 66.5 Å². The van der Waals surface area contributed by atoms with Crippen molar-refractivity contribution in [3.63, 3.8) is 0 Å². The van der Waals surface area contributed by atoms with Crippen LogP contribution in [0.15, 0.2) is 59.5 Å². The van der Waals surface area contributed by atoms with Gasteiger partial charge in [0.05, 0.1) is 10.6 Å². The quantitative estimate of drug-likeness (QED) is 0.588. The van der Waals surface area contributed by atoms with Gasteiger partial charge in [-0.2, -0.15) is 0 Å². The van der Waals surface area contributed by atoms with E-state index in [4.69, 9.17) is 0 Å². The highest BCUT2D eigenvalue weighted by molar-refractivity contribution is 7.92. The van der Waals surface area contributed by atoms with E-state index in [1.807, 2.05) is 58.0 Å². The van der Waals surface area contributed by atoms with E-state index in [0.717, 1.165) is 46.3 Å². The van der Waals surface area contributed by atoms with Crippen LogP contribution >= 0.6 is 0 Å². The molecule has 1 aliphatic heterocycles. The number of nitrogens with zero attached hydrogens (tertiary/aromatic N) is 1. The van der Waals surface area contributed by atoms with Crippen LogP contribution in [0.1, 0.15) is 44.6 Å². The Kier molecular flexibility index (Phi) is 5.82. The van der Waals surface area contributed by atoms with E-state index in [2.05, 4.69) is 4.72 Å². The minimum absolute atomic E-state index is 0.0763. The zero-order valence-corrected chi connectivity index (χ0v) is 19.7. The van der Waals surface area contributed by atoms with Crippen LogP contribution in [0.5, 0.6) is 0 Å². The molecular weight excluding hydrogens is 420 g/mol. The van der Waals surface area contributed by atoms with Gasteiger partial charge in [-0.3, -0.25) is 9.52 Å². The fourth-order valence-electron chi connectivity index (χ4n) is 4.38. The van der Waals surface area contributed by atoms with Crippen LogP contribution in [-0.4, -0.2) is 20.9 Å². The Hall–Kier alpha value is -3.12. The van der Waals surface area contributed by atoms with E-state index in [-0.39, 0.29) is 5.91 Å². The summed E-state index contributed by atoms with van der Waals surface area (Å²) in [6.45, 7) is 8.12. The highest BCUT2D eigenvalue weighted by atomic mass is 32.2. The van der Waals surface area contributed by atoms with E-state index in [1.165, 1.54) is 0 Å². The molecule has 0 saturated carbocycles. The molecule has 32 heavy (non-hydrogen) atoms. The monoisotopic (exact) mass is 448 g/mol. The lowest BCUT2D eigenvalue weighted by molar-refractivity contribution is 0.0985. The van der Waals surface area contributed by atoms with Crippen LogP contribution in [0.2, 0.25) is 0 Å². The molecule has 1 aliphatic rings. The van der Waals surface area contributed by atoms with Gasteiger partial charge in [0.15, 0.2) is 0 Å². The van der Waals surface area contributed by atoms with E-state index in [9.17, 15) is 13.2 Å². The summed E-state index contributed by atoms with van der Waals surface area (Å²) >= 11 is 0. The Labute approximate surface area is 190 Å². The summed E-state index contributed by atoms with van der Waals surface area (Å²) in [5, 5.41) is 0. The third-order valence-electron chi connectivity index (χ3n) is 6.29. The third-order valence-corrected chi connectivity index (χ3v) is 7.94. The first-order valence-corrected chi connectivity index (χ1v) is 12.3. The van der Waals surface area contributed by atoms with Gasteiger partial charge in [0.1, 0.15) is 0 Å². The van der Waals surface area contributed by atoms with Crippen molar-refractivity contribution >= 4 is 27.3 Å². The Morgan fingerprint density at radius 2 is 1.56 bits per heavy atom. The zero-order valence-electron chi connectivity index (χ0n) is 18.9. The van der Waals surface area contributed by atoms with E-state index < -0.39 is 10.0 Å². The first-order valence-electron chi connectivity index (χ1n) is 10.8. The second kappa shape index (κ2) is 8.43. The van der Waals surface area contributed by atoms with Crippen molar-refractivity contribution in [3.05, 3.63) is 88.0 Å². The number of nitrogens with one attached hydrogen (secondary N) is 1. The number of anilines is 2. The second-order valence-corrected chi connectivity index (χ2v) is 10.1. The van der Waals surface area contributed by atoms with Crippen LogP contribution in [0.3, 0.4) is 0 Å². The maximum absolute atomic E-state index is 13.4. The van der Waals surface area contributed by atoms with Crippen molar-refractivity contribution in [1.82, 2.24) is 0 Å². The summed E-state index contributed by atoms with van der Waals surface area (Å²) < 4.78 is 29.5. The van der Waals surface area contributed by atoms with E-state index >= 15 is 0 Å². The average Bonchev–Trinajstić information content (AvgIpc) is 2.77. The number of hydrogen-bond acceptors (Lipinski definition) is 3. The lowest BCUT2D eigenvalue weighted by Crippen LogP contribution is -2.35. The highest BCUT2D eigenvalue weighted by Gasteiger charge is 2.26. The summed E-state index contributed by atoms with van der Waals surface area (Å²) in [6, 6.07) is 16.7. The van der Waals surface area contributed by atoms with Gasteiger partial charge < -0.3 is 4.90 Å². The third kappa shape index (κ3) is 4.02. The molecule has 1 amide bonds. The van der Waals surface area contributed by atoms with Gasteiger partial charge in [-0.1, -0.05) is 30.3 Å². The van der Waals surface area contributed by atoms with Crippen molar-refractivity contribution in [2.45, 2.75) is 45.4 Å². The molecule has 0 aliphatic carbocycles. The fourth-order valence-corrected chi connectivity index (χ4v) is 6.04. The predicted octanol–water partition coefficient (Wildman–Crippen LogP) is 5.31. The predicted molar refractivity (Wildman–Crippen MR) is 129 cm³/mol. The molecule has 0 atom stereocenters. The molecule has 3 aromatic carbocycles. The standard InChI is InChI=1S/C26H28N2O3S/c1-17-15-18(2)20(4)25(19(17)3)32(30,31)27-23-13-12-21-11-8-14-28(24(21)16-23)26(29)22-9-6-5-7-10-22/h5-7,9-10,12-13,15-16,27H,8,11,14H2,1-4H3. The van der Waals surface area contributed by atoms with Crippen LogP contribution in [-0.2, 0) is 16.4 Å². The lowest BCUT2D eigenvalue weighted by Gasteiger charge is -2.30. The van der Waals surface area contributed by atoms with Gasteiger partial charge >= 0.3 is 0 Å². The van der Waals surface area contributed by atoms with Crippen LogP contribution < -0.4 is 9.62 Å². The Bertz CT molecular complexity index is 1270. The van der Waals surface area contributed by atoms with Gasteiger partial charge in [-0.15, -0.1) is 0 Å². The minimum atomic E-state index is -3.79. The Morgan fingerprint density at radius 3 is 2.22 bits per heavy atom. The molecule has 0 spiro atoms. The number of fused-ring (bicyclic) bond motifs is 1. The number of rotatable bonds is 4. The van der Waals surface area contributed by atoms with Crippen molar-refractivity contribution in [1.29, 1.82) is 0 Å². The molecule has 0 fully saturated rings. The van der Waals surface area contributed by atoms with Gasteiger partial charge in [-0.25, -0.2) is 8.42 Å². The molecule has 166 valence electrons. The summed E-state index contributed by atoms with van der Waals surface area (Å²) in [5.41, 5.74) is 6.26. The Balaban J connectivity index is 1.71. The van der Waals surface area contributed by atoms with Gasteiger partial charge in [0, 0.05) is 17.8 Å². The van der Waals surface area contributed by atoms with Crippen molar-refractivity contribution in [2.24, 2.45) is 0 Å². The molecule has 0 aromatic heterocycles. The van der Waals surface area contributed by atoms with Crippen LogP contribution in [0, 0.1) is 27.7 Å². The van der Waals surface area contributed by atoms with Crippen LogP contribution in [0.25, 0.3) is 0 Å². The number of benzene rings is 3. The number of amides is 1. The second-order valence-electron chi connectivity index (χ2n) is 8.46. The number of hydrogen-bond donors (Lipinski definition) is 1. The normalized spacial score (nSPS) is 13.6. The molecule has 3 aromatic rings. The minimum Gasteiger partial charge on any atom is -0.308 e. The summed E-state index contributed by atoms with van der Waals surface area (Å²) in [5.74, 6) is -0.0763. The van der Waals surface area contributed by atoms with Gasteiger partial charge in [0.25, 0.3) is 15.9 Å². The summed E-state index contributed by atoms with van der Waals surface area (Å²) in [4.78, 5) is 15.2. The molecule has 1 heterocycles. The number of carbonyl (C=O) groups is 1. The molecule has 0 saturated heterocycles. The SMILES string of the molecule is Cc1cc(C)c(C)c(S(=O)(=O)Nc2ccc3c(c2)N(C(=O)c2ccccc2)CCC3)c1C. The number of sulfonamides is 1. The smallest absolute Gasteiger partial charge is 0.262 e. The van der Waals surface area contributed by atoms with Gasteiger partial charge in [0.2, 0.25) is 0 Å². The van der Waals surface area contributed by atoms with Crippen molar-refractivity contribution in [2.75, 3.05) is 16.2 Å².